The van der Waals surface area contributed by atoms with E-state index < -0.39 is 0 Å². The van der Waals surface area contributed by atoms with Gasteiger partial charge in [-0.1, -0.05) is 30.3 Å². The summed E-state index contributed by atoms with van der Waals surface area (Å²) in [5, 5.41) is 17.1. The number of hydrogen-bond donors (Lipinski definition) is 3. The number of aliphatic imine (C=N–C) groups is 1. The first-order valence-electron chi connectivity index (χ1n) is 8.39. The maximum atomic E-state index is 9.35. The van der Waals surface area contributed by atoms with E-state index in [0.717, 1.165) is 29.0 Å². The Morgan fingerprint density at radius 3 is 2.64 bits per heavy atom. The lowest BCUT2D eigenvalue weighted by Gasteiger charge is -2.12. The van der Waals surface area contributed by atoms with Crippen LogP contribution in [0.2, 0.25) is 0 Å². The Kier molecular flexibility index (Phi) is 5.46. The Hall–Kier alpha value is -3.08. The molecule has 5 nitrogen and oxygen atoms in total. The normalized spacial score (nSPS) is 11.5. The summed E-state index contributed by atoms with van der Waals surface area (Å²) in [6.45, 7) is 4.05. The highest BCUT2D eigenvalue weighted by molar-refractivity contribution is 5.83. The summed E-state index contributed by atoms with van der Waals surface area (Å²) < 4.78 is 0. The highest BCUT2D eigenvalue weighted by Crippen LogP contribution is 2.15. The van der Waals surface area contributed by atoms with Crippen LogP contribution in [0.1, 0.15) is 18.1 Å². The number of guanidine groups is 1. The fourth-order valence-electron chi connectivity index (χ4n) is 2.60. The highest BCUT2D eigenvalue weighted by atomic mass is 16.3. The van der Waals surface area contributed by atoms with Crippen LogP contribution in [0.3, 0.4) is 0 Å². The third-order valence-electron chi connectivity index (χ3n) is 3.89. The smallest absolute Gasteiger partial charge is 0.191 e. The van der Waals surface area contributed by atoms with Crippen molar-refractivity contribution in [3.05, 3.63) is 71.9 Å². The van der Waals surface area contributed by atoms with E-state index in [9.17, 15) is 5.11 Å². The molecule has 3 aromatic rings. The molecule has 2 aromatic carbocycles. The Morgan fingerprint density at radius 1 is 1.04 bits per heavy atom. The Morgan fingerprint density at radius 2 is 1.84 bits per heavy atom. The zero-order valence-corrected chi connectivity index (χ0v) is 14.2. The summed E-state index contributed by atoms with van der Waals surface area (Å²) in [7, 11) is 0. The quantitative estimate of drug-likeness (QED) is 0.495. The minimum Gasteiger partial charge on any atom is -0.508 e. The molecule has 0 unspecified atom stereocenters. The molecular formula is C20H22N4O. The third-order valence-corrected chi connectivity index (χ3v) is 3.89. The molecule has 0 aliphatic heterocycles. The summed E-state index contributed by atoms with van der Waals surface area (Å²) in [6, 6.07) is 17.2. The number of rotatable bonds is 5. The number of benzene rings is 2. The van der Waals surface area contributed by atoms with Crippen molar-refractivity contribution >= 4 is 16.9 Å². The van der Waals surface area contributed by atoms with E-state index >= 15 is 0 Å². The first-order chi connectivity index (χ1) is 12.3. The molecule has 5 heteroatoms. The maximum Gasteiger partial charge on any atom is 0.191 e. The van der Waals surface area contributed by atoms with Gasteiger partial charge in [0.1, 0.15) is 5.75 Å². The molecule has 1 heterocycles. The van der Waals surface area contributed by atoms with Gasteiger partial charge in [-0.3, -0.25) is 4.98 Å². The molecule has 0 bridgehead atoms. The molecule has 0 saturated carbocycles. The van der Waals surface area contributed by atoms with Crippen LogP contribution in [-0.4, -0.2) is 22.6 Å². The van der Waals surface area contributed by atoms with E-state index in [0.29, 0.717) is 13.1 Å². The fourth-order valence-corrected chi connectivity index (χ4v) is 2.60. The highest BCUT2D eigenvalue weighted by Gasteiger charge is 2.03. The minimum absolute atomic E-state index is 0.266. The SMILES string of the molecule is CCNC(=NCc1ccc(O)cc1)NCc1ccnc2ccccc12. The average Bonchev–Trinajstić information content (AvgIpc) is 2.65. The first-order valence-corrected chi connectivity index (χ1v) is 8.39. The fraction of sp³-hybridized carbons (Fsp3) is 0.200. The number of aromatic hydroxyl groups is 1. The van der Waals surface area contributed by atoms with Crippen LogP contribution >= 0.6 is 0 Å². The standard InChI is InChI=1S/C20H22N4O/c1-2-21-20(23-13-15-7-9-17(25)10-8-15)24-14-16-11-12-22-19-6-4-3-5-18(16)19/h3-12,25H,2,13-14H2,1H3,(H2,21,23,24). The molecule has 0 amide bonds. The second-order valence-electron chi connectivity index (χ2n) is 5.70. The van der Waals surface area contributed by atoms with Crippen molar-refractivity contribution in [1.29, 1.82) is 0 Å². The Balaban J connectivity index is 1.70. The molecule has 0 radical (unpaired) electrons. The number of para-hydroxylation sites is 1. The summed E-state index contributed by atoms with van der Waals surface area (Å²) >= 11 is 0. The zero-order chi connectivity index (χ0) is 17.5. The van der Waals surface area contributed by atoms with E-state index in [1.54, 1.807) is 12.1 Å². The molecule has 0 saturated heterocycles. The van der Waals surface area contributed by atoms with Gasteiger partial charge in [0, 0.05) is 24.7 Å². The van der Waals surface area contributed by atoms with Crippen molar-refractivity contribution in [2.45, 2.75) is 20.0 Å². The van der Waals surface area contributed by atoms with Gasteiger partial charge in [-0.25, -0.2) is 4.99 Å². The minimum atomic E-state index is 0.266. The van der Waals surface area contributed by atoms with Crippen LogP contribution < -0.4 is 10.6 Å². The van der Waals surface area contributed by atoms with E-state index in [1.165, 1.54) is 5.56 Å². The van der Waals surface area contributed by atoms with Crippen molar-refractivity contribution in [1.82, 2.24) is 15.6 Å². The average molecular weight is 334 g/mol. The zero-order valence-electron chi connectivity index (χ0n) is 14.2. The summed E-state index contributed by atoms with van der Waals surface area (Å²) in [5.41, 5.74) is 3.22. The number of pyridine rings is 1. The van der Waals surface area contributed by atoms with Crippen LogP contribution in [0.5, 0.6) is 5.75 Å². The molecule has 0 fully saturated rings. The molecule has 0 atom stereocenters. The number of nitrogens with one attached hydrogen (secondary N) is 2. The van der Waals surface area contributed by atoms with Crippen molar-refractivity contribution in [3.63, 3.8) is 0 Å². The van der Waals surface area contributed by atoms with Crippen LogP contribution in [0.25, 0.3) is 10.9 Å². The van der Waals surface area contributed by atoms with Gasteiger partial charge in [-0.2, -0.15) is 0 Å². The van der Waals surface area contributed by atoms with Crippen LogP contribution in [0.15, 0.2) is 65.8 Å². The van der Waals surface area contributed by atoms with Crippen molar-refractivity contribution < 1.29 is 5.11 Å². The van der Waals surface area contributed by atoms with Gasteiger partial charge in [0.2, 0.25) is 0 Å². The van der Waals surface area contributed by atoms with Crippen LogP contribution in [-0.2, 0) is 13.1 Å². The number of phenolic OH excluding ortho intramolecular Hbond substituents is 1. The number of hydrogen-bond acceptors (Lipinski definition) is 3. The van der Waals surface area contributed by atoms with E-state index in [1.807, 2.05) is 49.5 Å². The number of nitrogens with zero attached hydrogens (tertiary/aromatic N) is 2. The van der Waals surface area contributed by atoms with Crippen molar-refractivity contribution in [3.8, 4) is 5.75 Å². The molecule has 0 spiro atoms. The van der Waals surface area contributed by atoms with Gasteiger partial charge in [0.15, 0.2) is 5.96 Å². The van der Waals surface area contributed by atoms with Gasteiger partial charge < -0.3 is 15.7 Å². The van der Waals surface area contributed by atoms with Crippen LogP contribution in [0, 0.1) is 0 Å². The van der Waals surface area contributed by atoms with Gasteiger partial charge in [0.25, 0.3) is 0 Å². The Bertz CT molecular complexity index is 854. The Labute approximate surface area is 147 Å². The topological polar surface area (TPSA) is 69.5 Å². The second kappa shape index (κ2) is 8.15. The van der Waals surface area contributed by atoms with E-state index in [2.05, 4.69) is 26.7 Å². The summed E-state index contributed by atoms with van der Waals surface area (Å²) in [5.74, 6) is 1.03. The second-order valence-corrected chi connectivity index (χ2v) is 5.70. The van der Waals surface area contributed by atoms with E-state index in [4.69, 9.17) is 0 Å². The first kappa shape index (κ1) is 16.8. The molecule has 0 aliphatic carbocycles. The van der Waals surface area contributed by atoms with Gasteiger partial charge in [0.05, 0.1) is 12.1 Å². The van der Waals surface area contributed by atoms with Crippen molar-refractivity contribution in [2.75, 3.05) is 6.54 Å². The predicted molar refractivity (Wildman–Crippen MR) is 102 cm³/mol. The summed E-state index contributed by atoms with van der Waals surface area (Å²) in [6.07, 6.45) is 1.83. The number of fused-ring (bicyclic) bond motifs is 1. The molecule has 128 valence electrons. The lowest BCUT2D eigenvalue weighted by molar-refractivity contribution is 0.475. The van der Waals surface area contributed by atoms with Crippen molar-refractivity contribution in [2.24, 2.45) is 4.99 Å². The van der Waals surface area contributed by atoms with Gasteiger partial charge in [-0.05, 0) is 42.3 Å². The molecule has 0 aliphatic rings. The molecule has 3 rings (SSSR count). The number of aromatic nitrogens is 1. The van der Waals surface area contributed by atoms with Gasteiger partial charge in [-0.15, -0.1) is 0 Å². The lowest BCUT2D eigenvalue weighted by Crippen LogP contribution is -2.36. The van der Waals surface area contributed by atoms with E-state index in [-0.39, 0.29) is 5.75 Å². The van der Waals surface area contributed by atoms with Gasteiger partial charge >= 0.3 is 0 Å². The molecule has 1 aromatic heterocycles. The molecule has 25 heavy (non-hydrogen) atoms. The molecular weight excluding hydrogens is 312 g/mol. The summed E-state index contributed by atoms with van der Waals surface area (Å²) in [4.78, 5) is 9.00. The number of phenols is 1. The third kappa shape index (κ3) is 4.47. The largest absolute Gasteiger partial charge is 0.508 e. The maximum absolute atomic E-state index is 9.35. The van der Waals surface area contributed by atoms with Crippen LogP contribution in [0.4, 0.5) is 0 Å². The lowest BCUT2D eigenvalue weighted by atomic mass is 10.1. The molecule has 3 N–H and O–H groups in total. The monoisotopic (exact) mass is 334 g/mol. The predicted octanol–water partition coefficient (Wildman–Crippen LogP) is 3.20.